The van der Waals surface area contributed by atoms with Gasteiger partial charge in [0.05, 0.1) is 13.2 Å². The molecule has 1 aromatic rings. The number of amides is 2. The fourth-order valence-corrected chi connectivity index (χ4v) is 4.26. The number of methoxy groups -OCH3 is 1. The molecule has 2 saturated carbocycles. The molecule has 6 heteroatoms. The standard InChI is InChI=1S/C18H25NO2.C5H6N2O/c1-21-17-9-5-8-15(12-17)16-10-11-19(13-16)18(20)14-6-3-2-4-7-14;6-3-5(1-2-5)7-4-8/h5,8-9,12,14,16H,2-4,6-7,10-11,13H2,1H3;4H,1-2H2,(H,7,8). The molecule has 2 amide bonds. The molecule has 1 aromatic carbocycles. The van der Waals surface area contributed by atoms with Gasteiger partial charge in [0.15, 0.2) is 0 Å². The van der Waals surface area contributed by atoms with Crippen LogP contribution in [0.1, 0.15) is 62.8 Å². The second-order valence-electron chi connectivity index (χ2n) is 8.34. The Labute approximate surface area is 173 Å². The van der Waals surface area contributed by atoms with E-state index in [1.165, 1.54) is 24.8 Å². The fraction of sp³-hybridized carbons (Fsp3) is 0.609. The van der Waals surface area contributed by atoms with Gasteiger partial charge in [0.2, 0.25) is 12.3 Å². The number of nitrogens with zero attached hydrogens (tertiary/aromatic N) is 2. The fourth-order valence-electron chi connectivity index (χ4n) is 4.26. The molecule has 1 heterocycles. The third kappa shape index (κ3) is 5.50. The van der Waals surface area contributed by atoms with Crippen LogP contribution in [0.25, 0.3) is 0 Å². The van der Waals surface area contributed by atoms with E-state index < -0.39 is 5.54 Å². The molecule has 4 rings (SSSR count). The summed E-state index contributed by atoms with van der Waals surface area (Å²) in [5.41, 5.74) is 0.829. The lowest BCUT2D eigenvalue weighted by atomic mass is 9.88. The summed E-state index contributed by atoms with van der Waals surface area (Å²) < 4.78 is 5.30. The molecule has 1 aliphatic heterocycles. The molecule has 0 aromatic heterocycles. The van der Waals surface area contributed by atoms with Crippen LogP contribution in [0, 0.1) is 17.2 Å². The Balaban J connectivity index is 0.000000252. The van der Waals surface area contributed by atoms with Crippen LogP contribution in [0.5, 0.6) is 5.75 Å². The van der Waals surface area contributed by atoms with E-state index in [4.69, 9.17) is 10.00 Å². The van der Waals surface area contributed by atoms with Gasteiger partial charge in [-0.25, -0.2) is 0 Å². The van der Waals surface area contributed by atoms with Gasteiger partial charge in [-0.3, -0.25) is 9.59 Å². The maximum atomic E-state index is 12.6. The van der Waals surface area contributed by atoms with E-state index in [0.29, 0.717) is 24.2 Å². The summed E-state index contributed by atoms with van der Waals surface area (Å²) in [5, 5.41) is 10.8. The van der Waals surface area contributed by atoms with Crippen molar-refractivity contribution in [2.24, 2.45) is 5.92 Å². The molecule has 3 aliphatic rings. The first-order chi connectivity index (χ1) is 14.1. The van der Waals surface area contributed by atoms with Gasteiger partial charge in [0, 0.05) is 24.9 Å². The summed E-state index contributed by atoms with van der Waals surface area (Å²) in [4.78, 5) is 24.5. The number of likely N-dealkylation sites (tertiary alicyclic amines) is 1. The second-order valence-corrected chi connectivity index (χ2v) is 8.34. The Bertz CT molecular complexity index is 748. The van der Waals surface area contributed by atoms with Gasteiger partial charge in [0.1, 0.15) is 11.3 Å². The Morgan fingerprint density at radius 1 is 1.28 bits per heavy atom. The van der Waals surface area contributed by atoms with Gasteiger partial charge in [-0.05, 0) is 49.8 Å². The Hall–Kier alpha value is -2.55. The van der Waals surface area contributed by atoms with Crippen LogP contribution in [-0.2, 0) is 9.59 Å². The van der Waals surface area contributed by atoms with Crippen molar-refractivity contribution in [1.29, 1.82) is 5.26 Å². The van der Waals surface area contributed by atoms with E-state index in [2.05, 4.69) is 22.3 Å². The van der Waals surface area contributed by atoms with Crippen LogP contribution >= 0.6 is 0 Å². The summed E-state index contributed by atoms with van der Waals surface area (Å²) in [6.45, 7) is 1.79. The van der Waals surface area contributed by atoms with Crippen molar-refractivity contribution in [3.8, 4) is 11.8 Å². The first kappa shape index (κ1) is 21.2. The van der Waals surface area contributed by atoms with E-state index in [1.54, 1.807) is 7.11 Å². The molecule has 0 radical (unpaired) electrons. The van der Waals surface area contributed by atoms with E-state index in [-0.39, 0.29) is 0 Å². The normalized spacial score (nSPS) is 22.6. The minimum absolute atomic E-state index is 0.294. The zero-order valence-electron chi connectivity index (χ0n) is 17.2. The van der Waals surface area contributed by atoms with Crippen molar-refractivity contribution < 1.29 is 14.3 Å². The highest BCUT2D eigenvalue weighted by molar-refractivity contribution is 5.79. The molecule has 6 nitrogen and oxygen atoms in total. The molecule has 3 fully saturated rings. The average Bonchev–Trinajstić information content (AvgIpc) is 3.38. The van der Waals surface area contributed by atoms with Gasteiger partial charge in [-0.1, -0.05) is 31.4 Å². The van der Waals surface area contributed by atoms with E-state index >= 15 is 0 Å². The maximum absolute atomic E-state index is 12.6. The Morgan fingerprint density at radius 2 is 2.03 bits per heavy atom. The zero-order valence-corrected chi connectivity index (χ0v) is 17.2. The maximum Gasteiger partial charge on any atom is 0.225 e. The molecule has 0 bridgehead atoms. The molecule has 29 heavy (non-hydrogen) atoms. The van der Waals surface area contributed by atoms with Crippen LogP contribution in [0.4, 0.5) is 0 Å². The monoisotopic (exact) mass is 397 g/mol. The van der Waals surface area contributed by atoms with Gasteiger partial charge in [-0.15, -0.1) is 0 Å². The number of benzene rings is 1. The molecule has 156 valence electrons. The van der Waals surface area contributed by atoms with Crippen molar-refractivity contribution in [3.05, 3.63) is 29.8 Å². The minimum atomic E-state index is -0.470. The summed E-state index contributed by atoms with van der Waals surface area (Å²) in [6, 6.07) is 10.3. The van der Waals surface area contributed by atoms with Crippen LogP contribution in [0.3, 0.4) is 0 Å². The van der Waals surface area contributed by atoms with Crippen LogP contribution in [-0.4, -0.2) is 43.0 Å². The number of carbonyl (C=O) groups is 2. The van der Waals surface area contributed by atoms with Gasteiger partial charge in [0.25, 0.3) is 0 Å². The number of ether oxygens (including phenoxy) is 1. The molecule has 1 unspecified atom stereocenters. The van der Waals surface area contributed by atoms with E-state index in [9.17, 15) is 9.59 Å². The summed E-state index contributed by atoms with van der Waals surface area (Å²) in [7, 11) is 1.70. The van der Waals surface area contributed by atoms with Crippen molar-refractivity contribution in [2.45, 2.75) is 62.8 Å². The predicted molar refractivity (Wildman–Crippen MR) is 110 cm³/mol. The summed E-state index contributed by atoms with van der Waals surface area (Å²) in [6.07, 6.45) is 9.22. The predicted octanol–water partition coefficient (Wildman–Crippen LogP) is 3.38. The number of hydrogen-bond acceptors (Lipinski definition) is 4. The topological polar surface area (TPSA) is 82.4 Å². The number of carbonyl (C=O) groups excluding carboxylic acids is 2. The Kier molecular flexibility index (Phi) is 7.13. The third-order valence-corrected chi connectivity index (χ3v) is 6.32. The quantitative estimate of drug-likeness (QED) is 0.772. The molecule has 1 saturated heterocycles. The van der Waals surface area contributed by atoms with Gasteiger partial charge < -0.3 is 15.0 Å². The average molecular weight is 398 g/mol. The lowest BCUT2D eigenvalue weighted by Gasteiger charge is -2.26. The van der Waals surface area contributed by atoms with Crippen LogP contribution in [0.2, 0.25) is 0 Å². The Morgan fingerprint density at radius 3 is 2.62 bits per heavy atom. The van der Waals surface area contributed by atoms with Gasteiger partial charge >= 0.3 is 0 Å². The number of rotatable bonds is 5. The molecule has 1 N–H and O–H groups in total. The SMILES string of the molecule is COc1cccc(C2CCN(C(=O)C3CCCCC3)C2)c1.N#CC1(NC=O)CC1. The highest BCUT2D eigenvalue weighted by Crippen LogP contribution is 2.34. The third-order valence-electron chi connectivity index (χ3n) is 6.32. The number of nitrogens with one attached hydrogen (secondary N) is 1. The summed E-state index contributed by atoms with van der Waals surface area (Å²) >= 11 is 0. The lowest BCUT2D eigenvalue weighted by molar-refractivity contribution is -0.135. The van der Waals surface area contributed by atoms with Gasteiger partial charge in [-0.2, -0.15) is 5.26 Å². The van der Waals surface area contributed by atoms with E-state index in [0.717, 1.165) is 50.9 Å². The minimum Gasteiger partial charge on any atom is -0.497 e. The molecular formula is C23H31N3O3. The second kappa shape index (κ2) is 9.78. The molecular weight excluding hydrogens is 366 g/mol. The highest BCUT2D eigenvalue weighted by atomic mass is 16.5. The first-order valence-electron chi connectivity index (χ1n) is 10.7. The van der Waals surface area contributed by atoms with Crippen molar-refractivity contribution in [2.75, 3.05) is 20.2 Å². The highest BCUT2D eigenvalue weighted by Gasteiger charge is 2.42. The molecule has 1 atom stereocenters. The zero-order chi connectivity index (χ0) is 20.7. The van der Waals surface area contributed by atoms with Crippen molar-refractivity contribution in [1.82, 2.24) is 10.2 Å². The first-order valence-corrected chi connectivity index (χ1v) is 10.7. The largest absolute Gasteiger partial charge is 0.497 e. The van der Waals surface area contributed by atoms with Crippen LogP contribution < -0.4 is 10.1 Å². The van der Waals surface area contributed by atoms with Crippen molar-refractivity contribution in [3.63, 3.8) is 0 Å². The molecule has 0 spiro atoms. The number of hydrogen-bond donors (Lipinski definition) is 1. The van der Waals surface area contributed by atoms with Crippen molar-refractivity contribution >= 4 is 12.3 Å². The van der Waals surface area contributed by atoms with Crippen LogP contribution in [0.15, 0.2) is 24.3 Å². The summed E-state index contributed by atoms with van der Waals surface area (Å²) in [5.74, 6) is 2.07. The molecule has 2 aliphatic carbocycles. The smallest absolute Gasteiger partial charge is 0.225 e. The van der Waals surface area contributed by atoms with E-state index in [1.807, 2.05) is 18.2 Å². The lowest BCUT2D eigenvalue weighted by Crippen LogP contribution is -2.35. The number of nitriles is 1.